The number of hydrogen-bond acceptors (Lipinski definition) is 3. The van der Waals surface area contributed by atoms with E-state index in [9.17, 15) is 0 Å². The van der Waals surface area contributed by atoms with Crippen LogP contribution in [0.4, 0.5) is 0 Å². The van der Waals surface area contributed by atoms with Crippen LogP contribution in [0.1, 0.15) is 26.7 Å². The highest BCUT2D eigenvalue weighted by Crippen LogP contribution is 1.83. The molecule has 0 saturated heterocycles. The molecule has 0 aromatic rings. The zero-order valence-corrected chi connectivity index (χ0v) is 6.76. The molecule has 62 valence electrons. The Balaban J connectivity index is 2.89. The zero-order valence-electron chi connectivity index (χ0n) is 6.76. The van der Waals surface area contributed by atoms with Gasteiger partial charge in [0, 0.05) is 6.61 Å². The van der Waals surface area contributed by atoms with Crippen molar-refractivity contribution < 1.29 is 9.84 Å². The number of aliphatic hydroxyl groups excluding tert-OH is 1. The van der Waals surface area contributed by atoms with Gasteiger partial charge in [0.25, 0.3) is 0 Å². The summed E-state index contributed by atoms with van der Waals surface area (Å²) < 4.78 is 5.08. The topological polar surface area (TPSA) is 41.5 Å². The van der Waals surface area contributed by atoms with E-state index in [0.29, 0.717) is 6.73 Å². The second-order valence-corrected chi connectivity index (χ2v) is 2.18. The number of nitrogens with one attached hydrogen (secondary N) is 1. The third kappa shape index (κ3) is 6.01. The molecular weight excluding hydrogens is 130 g/mol. The highest BCUT2D eigenvalue weighted by molar-refractivity contribution is 4.43. The van der Waals surface area contributed by atoms with Crippen molar-refractivity contribution in [2.24, 2.45) is 0 Å². The Hall–Kier alpha value is -0.120. The summed E-state index contributed by atoms with van der Waals surface area (Å²) in [4.78, 5) is 0. The van der Waals surface area contributed by atoms with Crippen LogP contribution < -0.4 is 5.32 Å². The average molecular weight is 147 g/mol. The van der Waals surface area contributed by atoms with Crippen molar-refractivity contribution in [3.05, 3.63) is 0 Å². The lowest BCUT2D eigenvalue weighted by Crippen LogP contribution is -2.30. The Kier molecular flexibility index (Phi) is 6.91. The summed E-state index contributed by atoms with van der Waals surface area (Å²) in [6.07, 6.45) is 1.32. The maximum Gasteiger partial charge on any atom is 0.106 e. The van der Waals surface area contributed by atoms with Gasteiger partial charge in [-0.15, -0.1) is 0 Å². The molecule has 0 saturated carbocycles. The monoisotopic (exact) mass is 147 g/mol. The van der Waals surface area contributed by atoms with E-state index in [-0.39, 0.29) is 0 Å². The van der Waals surface area contributed by atoms with E-state index in [4.69, 9.17) is 9.84 Å². The van der Waals surface area contributed by atoms with E-state index < -0.39 is 6.23 Å². The van der Waals surface area contributed by atoms with Gasteiger partial charge < -0.3 is 9.84 Å². The van der Waals surface area contributed by atoms with Crippen molar-refractivity contribution >= 4 is 0 Å². The first-order chi connectivity index (χ1) is 4.81. The van der Waals surface area contributed by atoms with Crippen molar-refractivity contribution in [3.63, 3.8) is 0 Å². The SMILES string of the molecule is CCCOCNC(O)CC. The number of aliphatic hydroxyl groups is 1. The summed E-state index contributed by atoms with van der Waals surface area (Å²) in [5, 5.41) is 11.8. The van der Waals surface area contributed by atoms with Crippen molar-refractivity contribution in [1.82, 2.24) is 5.32 Å². The molecule has 0 bridgehead atoms. The smallest absolute Gasteiger partial charge is 0.106 e. The lowest BCUT2D eigenvalue weighted by Gasteiger charge is -2.09. The first-order valence-corrected chi connectivity index (χ1v) is 3.80. The molecule has 1 atom stereocenters. The molecule has 0 aliphatic rings. The van der Waals surface area contributed by atoms with E-state index in [1.165, 1.54) is 0 Å². The zero-order chi connectivity index (χ0) is 7.82. The molecule has 0 aliphatic carbocycles. The molecule has 0 spiro atoms. The van der Waals surface area contributed by atoms with Crippen molar-refractivity contribution in [2.75, 3.05) is 13.3 Å². The first-order valence-electron chi connectivity index (χ1n) is 3.80. The van der Waals surface area contributed by atoms with Crippen LogP contribution in [0.25, 0.3) is 0 Å². The number of hydrogen-bond donors (Lipinski definition) is 2. The van der Waals surface area contributed by atoms with Crippen LogP contribution in [0.15, 0.2) is 0 Å². The second-order valence-electron chi connectivity index (χ2n) is 2.18. The summed E-state index contributed by atoms with van der Waals surface area (Å²) in [7, 11) is 0. The van der Waals surface area contributed by atoms with Gasteiger partial charge >= 0.3 is 0 Å². The first kappa shape index (κ1) is 9.88. The van der Waals surface area contributed by atoms with E-state index >= 15 is 0 Å². The molecule has 0 radical (unpaired) electrons. The minimum Gasteiger partial charge on any atom is -0.379 e. The maximum absolute atomic E-state index is 8.97. The van der Waals surface area contributed by atoms with E-state index in [2.05, 4.69) is 12.2 Å². The lowest BCUT2D eigenvalue weighted by atomic mass is 10.4. The summed E-state index contributed by atoms with van der Waals surface area (Å²) >= 11 is 0. The fraction of sp³-hybridized carbons (Fsp3) is 1.00. The van der Waals surface area contributed by atoms with Crippen molar-refractivity contribution in [1.29, 1.82) is 0 Å². The minimum atomic E-state index is -0.420. The van der Waals surface area contributed by atoms with Gasteiger partial charge in [-0.05, 0) is 12.8 Å². The summed E-state index contributed by atoms with van der Waals surface area (Å²) in [5.41, 5.74) is 0. The van der Waals surface area contributed by atoms with Crippen LogP contribution in [-0.2, 0) is 4.74 Å². The Bertz CT molecular complexity index is 68.6. The van der Waals surface area contributed by atoms with Crippen LogP contribution in [0.5, 0.6) is 0 Å². The van der Waals surface area contributed by atoms with Crippen LogP contribution in [-0.4, -0.2) is 24.7 Å². The standard InChI is InChI=1S/C7H17NO2/c1-3-5-10-6-8-7(9)4-2/h7-9H,3-6H2,1-2H3. The Morgan fingerprint density at radius 3 is 2.70 bits per heavy atom. The van der Waals surface area contributed by atoms with Crippen LogP contribution in [0.2, 0.25) is 0 Å². The molecule has 3 nitrogen and oxygen atoms in total. The molecule has 1 unspecified atom stereocenters. The molecule has 3 heteroatoms. The van der Waals surface area contributed by atoms with Crippen molar-refractivity contribution in [3.8, 4) is 0 Å². The molecule has 2 N–H and O–H groups in total. The normalized spacial score (nSPS) is 13.5. The van der Waals surface area contributed by atoms with E-state index in [0.717, 1.165) is 19.4 Å². The highest BCUT2D eigenvalue weighted by Gasteiger charge is 1.95. The molecular formula is C7H17NO2. The molecule has 0 heterocycles. The summed E-state index contributed by atoms with van der Waals surface area (Å²) in [6.45, 7) is 5.17. The van der Waals surface area contributed by atoms with Crippen LogP contribution >= 0.6 is 0 Å². The van der Waals surface area contributed by atoms with Gasteiger partial charge in [-0.1, -0.05) is 13.8 Å². The maximum atomic E-state index is 8.97. The van der Waals surface area contributed by atoms with Gasteiger partial charge in [-0.2, -0.15) is 0 Å². The molecule has 0 aromatic carbocycles. The van der Waals surface area contributed by atoms with Gasteiger partial charge in [0.1, 0.15) is 6.23 Å². The second kappa shape index (κ2) is 6.99. The van der Waals surface area contributed by atoms with Gasteiger partial charge in [-0.3, -0.25) is 5.32 Å². The lowest BCUT2D eigenvalue weighted by molar-refractivity contribution is 0.0510. The molecule has 0 aromatic heterocycles. The van der Waals surface area contributed by atoms with Crippen LogP contribution in [0.3, 0.4) is 0 Å². The van der Waals surface area contributed by atoms with E-state index in [1.807, 2.05) is 6.92 Å². The number of rotatable bonds is 6. The summed E-state index contributed by atoms with van der Waals surface area (Å²) in [5.74, 6) is 0. The van der Waals surface area contributed by atoms with Gasteiger partial charge in [0.05, 0.1) is 6.73 Å². The number of ether oxygens (including phenoxy) is 1. The Morgan fingerprint density at radius 2 is 2.20 bits per heavy atom. The van der Waals surface area contributed by atoms with Gasteiger partial charge in [0.15, 0.2) is 0 Å². The predicted octanol–water partition coefficient (Wildman–Crippen LogP) is 0.688. The fourth-order valence-corrected chi connectivity index (χ4v) is 0.516. The quantitative estimate of drug-likeness (QED) is 0.429. The highest BCUT2D eigenvalue weighted by atomic mass is 16.5. The third-order valence-electron chi connectivity index (χ3n) is 1.16. The van der Waals surface area contributed by atoms with Crippen molar-refractivity contribution in [2.45, 2.75) is 32.9 Å². The third-order valence-corrected chi connectivity index (χ3v) is 1.16. The van der Waals surface area contributed by atoms with E-state index in [1.54, 1.807) is 0 Å². The largest absolute Gasteiger partial charge is 0.379 e. The van der Waals surface area contributed by atoms with Gasteiger partial charge in [0.2, 0.25) is 0 Å². The molecule has 0 fully saturated rings. The van der Waals surface area contributed by atoms with Crippen LogP contribution in [0, 0.1) is 0 Å². The molecule has 0 amide bonds. The molecule has 0 aliphatic heterocycles. The summed E-state index contributed by atoms with van der Waals surface area (Å²) in [6, 6.07) is 0. The Morgan fingerprint density at radius 1 is 1.50 bits per heavy atom. The molecule has 10 heavy (non-hydrogen) atoms. The minimum absolute atomic E-state index is 0.420. The average Bonchev–Trinajstić information content (AvgIpc) is 1.98. The fourth-order valence-electron chi connectivity index (χ4n) is 0.516. The van der Waals surface area contributed by atoms with Gasteiger partial charge in [-0.25, -0.2) is 0 Å². The predicted molar refractivity (Wildman–Crippen MR) is 40.5 cm³/mol. The Labute approximate surface area is 62.4 Å². The molecule has 0 rings (SSSR count).